The Kier molecular flexibility index (Phi) is 5.30. The quantitative estimate of drug-likeness (QED) is 0.639. The number of fused-ring (bicyclic) bond motifs is 1. The molecule has 0 fully saturated rings. The Balaban J connectivity index is 1.64. The van der Waals surface area contributed by atoms with Crippen LogP contribution < -0.4 is 14.8 Å². The van der Waals surface area contributed by atoms with Crippen LogP contribution in [0.15, 0.2) is 35.6 Å². The predicted molar refractivity (Wildman–Crippen MR) is 97.8 cm³/mol. The van der Waals surface area contributed by atoms with Gasteiger partial charge in [0.2, 0.25) is 5.91 Å². The molecule has 7 nitrogen and oxygen atoms in total. The Bertz CT molecular complexity index is 893. The van der Waals surface area contributed by atoms with Crippen LogP contribution >= 0.6 is 23.4 Å². The van der Waals surface area contributed by atoms with Crippen LogP contribution in [0.2, 0.25) is 5.02 Å². The molecule has 0 saturated heterocycles. The first kappa shape index (κ1) is 17.4. The number of hydrogen-bond acceptors (Lipinski definition) is 6. The monoisotopic (exact) mass is 378 g/mol. The maximum absolute atomic E-state index is 12.2. The molecule has 0 aliphatic rings. The molecule has 130 valence electrons. The van der Waals surface area contributed by atoms with Crippen LogP contribution in [0.4, 0.5) is 5.69 Å². The molecule has 3 rings (SSSR count). The van der Waals surface area contributed by atoms with Gasteiger partial charge in [-0.2, -0.15) is 0 Å². The summed E-state index contributed by atoms with van der Waals surface area (Å²) in [6.07, 6.45) is 1.53. The smallest absolute Gasteiger partial charge is 0.234 e. The van der Waals surface area contributed by atoms with Crippen molar-refractivity contribution in [1.29, 1.82) is 0 Å². The summed E-state index contributed by atoms with van der Waals surface area (Å²) in [6, 6.07) is 6.91. The van der Waals surface area contributed by atoms with Gasteiger partial charge in [-0.1, -0.05) is 23.4 Å². The number of pyridine rings is 1. The highest BCUT2D eigenvalue weighted by Gasteiger charge is 2.10. The van der Waals surface area contributed by atoms with Gasteiger partial charge in [0.25, 0.3) is 0 Å². The van der Waals surface area contributed by atoms with Crippen LogP contribution in [-0.2, 0) is 4.79 Å². The highest BCUT2D eigenvalue weighted by Crippen LogP contribution is 2.26. The Morgan fingerprint density at radius 3 is 2.64 bits per heavy atom. The van der Waals surface area contributed by atoms with Gasteiger partial charge in [-0.25, -0.2) is 9.97 Å². The first-order valence-corrected chi connectivity index (χ1v) is 8.60. The van der Waals surface area contributed by atoms with Crippen molar-refractivity contribution in [2.45, 2.75) is 5.16 Å². The zero-order chi connectivity index (χ0) is 17.8. The molecule has 0 radical (unpaired) electrons. The van der Waals surface area contributed by atoms with E-state index in [1.54, 1.807) is 38.5 Å². The lowest BCUT2D eigenvalue weighted by molar-refractivity contribution is -0.113. The van der Waals surface area contributed by atoms with Gasteiger partial charge >= 0.3 is 0 Å². The lowest BCUT2D eigenvalue weighted by Crippen LogP contribution is -2.14. The molecular formula is C16H15ClN4O3S. The third-order valence-electron chi connectivity index (χ3n) is 3.26. The molecule has 0 aliphatic heterocycles. The maximum Gasteiger partial charge on any atom is 0.234 e. The second kappa shape index (κ2) is 7.62. The number of anilines is 1. The Hall–Kier alpha value is -2.45. The number of ether oxygens (including phenoxy) is 2. The molecule has 0 atom stereocenters. The van der Waals surface area contributed by atoms with Gasteiger partial charge < -0.3 is 19.8 Å². The summed E-state index contributed by atoms with van der Waals surface area (Å²) < 4.78 is 10.4. The summed E-state index contributed by atoms with van der Waals surface area (Å²) in [5, 5.41) is 3.93. The van der Waals surface area contributed by atoms with E-state index in [2.05, 4.69) is 20.3 Å². The van der Waals surface area contributed by atoms with E-state index < -0.39 is 0 Å². The highest BCUT2D eigenvalue weighted by molar-refractivity contribution is 7.99. The lowest BCUT2D eigenvalue weighted by atomic mass is 10.2. The Morgan fingerprint density at radius 2 is 1.96 bits per heavy atom. The molecule has 0 unspecified atom stereocenters. The number of thioether (sulfide) groups is 1. The minimum Gasteiger partial charge on any atom is -0.497 e. The number of nitrogens with zero attached hydrogens (tertiary/aromatic N) is 2. The Labute approximate surface area is 153 Å². The van der Waals surface area contributed by atoms with Crippen LogP contribution in [0.5, 0.6) is 11.5 Å². The van der Waals surface area contributed by atoms with E-state index >= 15 is 0 Å². The molecule has 0 bridgehead atoms. The van der Waals surface area contributed by atoms with E-state index in [0.29, 0.717) is 33.0 Å². The van der Waals surface area contributed by atoms with Crippen LogP contribution in [0.1, 0.15) is 0 Å². The molecule has 2 heterocycles. The minimum atomic E-state index is -0.174. The molecule has 0 saturated carbocycles. The average molecular weight is 379 g/mol. The number of methoxy groups -OCH3 is 2. The van der Waals surface area contributed by atoms with Crippen molar-refractivity contribution in [3.8, 4) is 11.5 Å². The van der Waals surface area contributed by atoms with Crippen molar-refractivity contribution in [3.63, 3.8) is 0 Å². The number of benzene rings is 1. The van der Waals surface area contributed by atoms with Crippen LogP contribution in [0.25, 0.3) is 11.2 Å². The van der Waals surface area contributed by atoms with E-state index in [4.69, 9.17) is 21.1 Å². The van der Waals surface area contributed by atoms with E-state index in [9.17, 15) is 4.79 Å². The molecule has 9 heteroatoms. The zero-order valence-corrected chi connectivity index (χ0v) is 15.1. The predicted octanol–water partition coefficient (Wildman–Crippen LogP) is 3.36. The number of aromatic amines is 1. The first-order valence-electron chi connectivity index (χ1n) is 7.24. The second-order valence-electron chi connectivity index (χ2n) is 5.00. The third kappa shape index (κ3) is 4.34. The van der Waals surface area contributed by atoms with Crippen LogP contribution in [-0.4, -0.2) is 40.8 Å². The SMILES string of the molecule is COc1cc(NC(=O)CSc2nc3ncc(Cl)cc3[nH]2)cc(OC)c1. The molecule has 1 aromatic carbocycles. The third-order valence-corrected chi connectivity index (χ3v) is 4.34. The van der Waals surface area contributed by atoms with E-state index in [0.717, 1.165) is 5.52 Å². The van der Waals surface area contributed by atoms with Gasteiger partial charge in [-0.15, -0.1) is 0 Å². The van der Waals surface area contributed by atoms with Crippen molar-refractivity contribution in [2.75, 3.05) is 25.3 Å². The van der Waals surface area contributed by atoms with E-state index in [-0.39, 0.29) is 11.7 Å². The summed E-state index contributed by atoms with van der Waals surface area (Å²) in [5.41, 5.74) is 1.89. The van der Waals surface area contributed by atoms with Crippen LogP contribution in [0.3, 0.4) is 0 Å². The molecule has 25 heavy (non-hydrogen) atoms. The summed E-state index contributed by atoms with van der Waals surface area (Å²) in [7, 11) is 3.11. The van der Waals surface area contributed by atoms with Gasteiger partial charge in [-0.05, 0) is 6.07 Å². The van der Waals surface area contributed by atoms with Gasteiger partial charge in [0.1, 0.15) is 11.5 Å². The molecular weight excluding hydrogens is 364 g/mol. The van der Waals surface area contributed by atoms with Crippen LogP contribution in [0, 0.1) is 0 Å². The van der Waals surface area contributed by atoms with E-state index in [1.165, 1.54) is 18.0 Å². The summed E-state index contributed by atoms with van der Waals surface area (Å²) >= 11 is 7.17. The lowest BCUT2D eigenvalue weighted by Gasteiger charge is -2.09. The number of rotatable bonds is 6. The number of imidazole rings is 1. The molecule has 2 aromatic heterocycles. The summed E-state index contributed by atoms with van der Waals surface area (Å²) in [4.78, 5) is 23.7. The highest BCUT2D eigenvalue weighted by atomic mass is 35.5. The number of carbonyl (C=O) groups excluding carboxylic acids is 1. The van der Waals surface area contributed by atoms with Gasteiger partial charge in [-0.3, -0.25) is 4.79 Å². The second-order valence-corrected chi connectivity index (χ2v) is 6.41. The number of halogens is 1. The van der Waals surface area contributed by atoms with Gasteiger partial charge in [0.15, 0.2) is 10.8 Å². The van der Waals surface area contributed by atoms with Gasteiger partial charge in [0, 0.05) is 30.1 Å². The normalized spacial score (nSPS) is 10.7. The number of aromatic nitrogens is 3. The molecule has 0 aliphatic carbocycles. The number of amides is 1. The number of hydrogen-bond donors (Lipinski definition) is 2. The zero-order valence-electron chi connectivity index (χ0n) is 13.5. The van der Waals surface area contributed by atoms with Crippen molar-refractivity contribution < 1.29 is 14.3 Å². The number of H-pyrrole nitrogens is 1. The van der Waals surface area contributed by atoms with Crippen molar-refractivity contribution >= 4 is 46.1 Å². The first-order chi connectivity index (χ1) is 12.1. The number of nitrogens with one attached hydrogen (secondary N) is 2. The van der Waals surface area contributed by atoms with Crippen molar-refractivity contribution in [3.05, 3.63) is 35.5 Å². The largest absolute Gasteiger partial charge is 0.497 e. The molecule has 0 spiro atoms. The maximum atomic E-state index is 12.2. The summed E-state index contributed by atoms with van der Waals surface area (Å²) in [5.74, 6) is 1.21. The molecule has 1 amide bonds. The summed E-state index contributed by atoms with van der Waals surface area (Å²) in [6.45, 7) is 0. The number of carbonyl (C=O) groups is 1. The fourth-order valence-electron chi connectivity index (χ4n) is 2.13. The minimum absolute atomic E-state index is 0.174. The van der Waals surface area contributed by atoms with Gasteiger partial charge in [0.05, 0.1) is 30.5 Å². The Morgan fingerprint density at radius 1 is 1.24 bits per heavy atom. The topological polar surface area (TPSA) is 89.1 Å². The average Bonchev–Trinajstić information content (AvgIpc) is 3.01. The van der Waals surface area contributed by atoms with Crippen molar-refractivity contribution in [1.82, 2.24) is 15.0 Å². The van der Waals surface area contributed by atoms with E-state index in [1.807, 2.05) is 0 Å². The fraction of sp³-hybridized carbons (Fsp3) is 0.188. The standard InChI is InChI=1S/C16H15ClN4O3S/c1-23-11-4-10(5-12(6-11)24-2)19-14(22)8-25-16-20-13-3-9(17)7-18-15(13)21-16/h3-7H,8H2,1-2H3,(H,19,22)(H,18,20,21). The van der Waals surface area contributed by atoms with Crippen molar-refractivity contribution in [2.24, 2.45) is 0 Å². The molecule has 2 N–H and O–H groups in total. The molecule has 3 aromatic rings. The fourth-order valence-corrected chi connectivity index (χ4v) is 2.96.